The molecule has 0 saturated heterocycles. The van der Waals surface area contributed by atoms with Gasteiger partial charge in [-0.05, 0) is 55.3 Å². The number of sulfonamides is 1. The summed E-state index contributed by atoms with van der Waals surface area (Å²) >= 11 is 1.21. The minimum atomic E-state index is -3.74. The Hall–Kier alpha value is -3.29. The molecule has 31 heavy (non-hydrogen) atoms. The second-order valence-electron chi connectivity index (χ2n) is 6.93. The number of halogens is 1. The van der Waals surface area contributed by atoms with Crippen LogP contribution in [0.3, 0.4) is 0 Å². The number of benzene rings is 2. The molecule has 1 amide bonds. The quantitative estimate of drug-likeness (QED) is 0.603. The molecule has 0 saturated carbocycles. The second kappa shape index (κ2) is 8.83. The van der Waals surface area contributed by atoms with Crippen molar-refractivity contribution < 1.29 is 17.6 Å². The van der Waals surface area contributed by atoms with E-state index in [2.05, 4.69) is 11.1 Å². The summed E-state index contributed by atoms with van der Waals surface area (Å²) < 4.78 is 38.8. The van der Waals surface area contributed by atoms with Crippen LogP contribution in [0, 0.1) is 31.0 Å². The minimum absolute atomic E-state index is 0.000781. The monoisotopic (exact) mass is 458 g/mol. The number of rotatable bonds is 6. The molecule has 0 spiro atoms. The first-order valence-electron chi connectivity index (χ1n) is 9.09. The summed E-state index contributed by atoms with van der Waals surface area (Å²) in [5.41, 5.74) is 2.37. The van der Waals surface area contributed by atoms with Crippen molar-refractivity contribution in [3.8, 4) is 6.07 Å². The number of nitriles is 1. The van der Waals surface area contributed by atoms with Gasteiger partial charge in [0.25, 0.3) is 5.91 Å². The molecule has 0 aliphatic rings. The molecule has 1 N–H and O–H groups in total. The highest BCUT2D eigenvalue weighted by atomic mass is 32.2. The van der Waals surface area contributed by atoms with Gasteiger partial charge in [0.15, 0.2) is 5.13 Å². The Morgan fingerprint density at radius 1 is 1.23 bits per heavy atom. The molecule has 0 aliphatic carbocycles. The third-order valence-electron chi connectivity index (χ3n) is 4.39. The van der Waals surface area contributed by atoms with Crippen molar-refractivity contribution in [3.63, 3.8) is 0 Å². The van der Waals surface area contributed by atoms with Gasteiger partial charge in [-0.15, -0.1) is 11.3 Å². The molecule has 3 rings (SSSR count). The fourth-order valence-corrected chi connectivity index (χ4v) is 4.19. The number of hydrogen-bond donors (Lipinski definition) is 1. The summed E-state index contributed by atoms with van der Waals surface area (Å²) in [5.74, 6) is -1.15. The summed E-state index contributed by atoms with van der Waals surface area (Å²) in [6.45, 7) is 3.60. The zero-order valence-electron chi connectivity index (χ0n) is 17.0. The van der Waals surface area contributed by atoms with Crippen LogP contribution < -0.4 is 9.62 Å². The van der Waals surface area contributed by atoms with Gasteiger partial charge in [0, 0.05) is 10.6 Å². The second-order valence-corrected chi connectivity index (χ2v) is 9.86. The maximum absolute atomic E-state index is 14.1. The number of aryl methyl sites for hydroxylation is 2. The van der Waals surface area contributed by atoms with Crippen molar-refractivity contribution in [1.29, 1.82) is 5.26 Å². The Kier molecular flexibility index (Phi) is 6.38. The van der Waals surface area contributed by atoms with Gasteiger partial charge >= 0.3 is 0 Å². The van der Waals surface area contributed by atoms with Gasteiger partial charge < -0.3 is 4.90 Å². The predicted molar refractivity (Wildman–Crippen MR) is 117 cm³/mol. The highest BCUT2D eigenvalue weighted by Gasteiger charge is 2.22. The Morgan fingerprint density at radius 3 is 2.48 bits per heavy atom. The molecular weight excluding hydrogens is 439 g/mol. The average molecular weight is 459 g/mol. The van der Waals surface area contributed by atoms with Crippen LogP contribution in [0.25, 0.3) is 0 Å². The smallest absolute Gasteiger partial charge is 0.284 e. The lowest BCUT2D eigenvalue weighted by atomic mass is 10.1. The van der Waals surface area contributed by atoms with Crippen LogP contribution in [0.1, 0.15) is 32.1 Å². The minimum Gasteiger partial charge on any atom is -0.313 e. The molecule has 0 aliphatic heterocycles. The zero-order chi connectivity index (χ0) is 22.8. The average Bonchev–Trinajstić information content (AvgIpc) is 3.09. The standard InChI is InChI=1S/C21H19FN4O3S2/c1-13-4-5-16(10-18(13)22)12-26(17-8-6-15(11-23)7-9-17)21-24-19(14(2)30-21)20(27)25-31(3,28)29/h4-10H,12H2,1-3H3,(H,25,27). The number of thiazole rings is 1. The number of amides is 1. The zero-order valence-corrected chi connectivity index (χ0v) is 18.6. The molecule has 0 bridgehead atoms. The molecule has 10 heteroatoms. The van der Waals surface area contributed by atoms with E-state index in [1.54, 1.807) is 55.1 Å². The van der Waals surface area contributed by atoms with Crippen LogP contribution in [0.15, 0.2) is 42.5 Å². The number of nitrogens with one attached hydrogen (secondary N) is 1. The van der Waals surface area contributed by atoms with Gasteiger partial charge in [0.05, 0.1) is 24.4 Å². The van der Waals surface area contributed by atoms with Crippen LogP contribution >= 0.6 is 11.3 Å². The van der Waals surface area contributed by atoms with E-state index in [-0.39, 0.29) is 18.1 Å². The third-order valence-corrected chi connectivity index (χ3v) is 5.94. The molecule has 0 fully saturated rings. The molecular formula is C21H19FN4O3S2. The van der Waals surface area contributed by atoms with E-state index in [4.69, 9.17) is 5.26 Å². The summed E-state index contributed by atoms with van der Waals surface area (Å²) in [6.07, 6.45) is 0.891. The van der Waals surface area contributed by atoms with Crippen molar-refractivity contribution >= 4 is 38.1 Å². The van der Waals surface area contributed by atoms with Crippen molar-refractivity contribution in [2.45, 2.75) is 20.4 Å². The maximum atomic E-state index is 14.1. The molecule has 0 atom stereocenters. The van der Waals surface area contributed by atoms with Crippen molar-refractivity contribution in [2.24, 2.45) is 0 Å². The molecule has 0 unspecified atom stereocenters. The maximum Gasteiger partial charge on any atom is 0.284 e. The summed E-state index contributed by atoms with van der Waals surface area (Å²) in [6, 6.07) is 13.7. The van der Waals surface area contributed by atoms with E-state index in [9.17, 15) is 17.6 Å². The number of carbonyl (C=O) groups is 1. The Bertz CT molecular complexity index is 1280. The lowest BCUT2D eigenvalue weighted by Crippen LogP contribution is -2.30. The molecule has 3 aromatic rings. The van der Waals surface area contributed by atoms with E-state index in [0.29, 0.717) is 32.4 Å². The van der Waals surface area contributed by atoms with Gasteiger partial charge in [-0.3, -0.25) is 4.79 Å². The predicted octanol–water partition coefficient (Wildman–Crippen LogP) is 3.80. The Labute approximate surface area is 183 Å². The molecule has 7 nitrogen and oxygen atoms in total. The first-order chi connectivity index (χ1) is 14.6. The van der Waals surface area contributed by atoms with Gasteiger partial charge in [-0.1, -0.05) is 12.1 Å². The number of hydrogen-bond acceptors (Lipinski definition) is 7. The molecule has 2 aromatic carbocycles. The molecule has 1 heterocycles. The van der Waals surface area contributed by atoms with Gasteiger partial charge in [-0.25, -0.2) is 22.5 Å². The van der Waals surface area contributed by atoms with E-state index in [0.717, 1.165) is 6.26 Å². The normalized spacial score (nSPS) is 11.1. The van der Waals surface area contributed by atoms with Crippen molar-refractivity contribution in [3.05, 3.63) is 75.5 Å². The lowest BCUT2D eigenvalue weighted by molar-refractivity contribution is 0.0977. The van der Waals surface area contributed by atoms with Crippen LogP contribution in [-0.2, 0) is 16.6 Å². The van der Waals surface area contributed by atoms with Gasteiger partial charge in [0.1, 0.15) is 11.5 Å². The SMILES string of the molecule is Cc1ccc(CN(c2ccc(C#N)cc2)c2nc(C(=O)NS(C)(=O)=O)c(C)s2)cc1F. The molecule has 160 valence electrons. The van der Waals surface area contributed by atoms with Crippen LogP contribution in [-0.4, -0.2) is 25.6 Å². The highest BCUT2D eigenvalue weighted by molar-refractivity contribution is 7.89. The number of nitrogens with zero attached hydrogens (tertiary/aromatic N) is 3. The van der Waals surface area contributed by atoms with Crippen LogP contribution in [0.5, 0.6) is 0 Å². The first-order valence-corrected chi connectivity index (χ1v) is 11.8. The topological polar surface area (TPSA) is 103 Å². The first kappa shape index (κ1) is 22.4. The largest absolute Gasteiger partial charge is 0.313 e. The van der Waals surface area contributed by atoms with Crippen molar-refractivity contribution in [1.82, 2.24) is 9.71 Å². The Balaban J connectivity index is 2.03. The van der Waals surface area contributed by atoms with E-state index in [1.807, 2.05) is 4.72 Å². The fraction of sp³-hybridized carbons (Fsp3) is 0.190. The fourth-order valence-electron chi connectivity index (χ4n) is 2.83. The van der Waals surface area contributed by atoms with Gasteiger partial charge in [-0.2, -0.15) is 5.26 Å². The highest BCUT2D eigenvalue weighted by Crippen LogP contribution is 2.33. The van der Waals surface area contributed by atoms with Crippen LogP contribution in [0.2, 0.25) is 0 Å². The third kappa shape index (κ3) is 5.45. The molecule has 0 radical (unpaired) electrons. The number of anilines is 2. The van der Waals surface area contributed by atoms with Gasteiger partial charge in [0.2, 0.25) is 10.0 Å². The van der Waals surface area contributed by atoms with E-state index >= 15 is 0 Å². The summed E-state index contributed by atoms with van der Waals surface area (Å²) in [4.78, 5) is 19.0. The van der Waals surface area contributed by atoms with E-state index < -0.39 is 15.9 Å². The number of carbonyl (C=O) groups excluding carboxylic acids is 1. The Morgan fingerprint density at radius 2 is 1.90 bits per heavy atom. The van der Waals surface area contributed by atoms with Crippen molar-refractivity contribution in [2.75, 3.05) is 11.2 Å². The number of aromatic nitrogens is 1. The summed E-state index contributed by atoms with van der Waals surface area (Å²) in [7, 11) is -3.74. The summed E-state index contributed by atoms with van der Waals surface area (Å²) in [5, 5.41) is 9.49. The van der Waals surface area contributed by atoms with Crippen LogP contribution in [0.4, 0.5) is 15.2 Å². The lowest BCUT2D eigenvalue weighted by Gasteiger charge is -2.22. The molecule has 1 aromatic heterocycles. The van der Waals surface area contributed by atoms with E-state index in [1.165, 1.54) is 17.4 Å².